The molecule has 1 unspecified atom stereocenters. The highest BCUT2D eigenvalue weighted by molar-refractivity contribution is 6.30. The summed E-state index contributed by atoms with van der Waals surface area (Å²) in [6.07, 6.45) is 4.39. The first kappa shape index (κ1) is 9.49. The number of imidazole rings is 1. The third-order valence-electron chi connectivity index (χ3n) is 2.09. The fraction of sp³-hybridized carbons (Fsp3) is 0.300. The van der Waals surface area contributed by atoms with Gasteiger partial charge in [0.05, 0.1) is 22.6 Å². The molecule has 2 N–H and O–H groups in total. The standard InChI is InChI=1S/C10H12ClN3/c1-7(12)4-9-10-3-2-8(11)5-14(10)6-13-9/h2-3,5-7H,4,12H2,1H3. The first-order valence-electron chi connectivity index (χ1n) is 4.53. The van der Waals surface area contributed by atoms with Crippen LogP contribution in [-0.2, 0) is 6.42 Å². The van der Waals surface area contributed by atoms with Crippen molar-refractivity contribution in [3.8, 4) is 0 Å². The Bertz CT molecular complexity index is 448. The Labute approximate surface area is 87.5 Å². The summed E-state index contributed by atoms with van der Waals surface area (Å²) in [7, 11) is 0. The van der Waals surface area contributed by atoms with Crippen LogP contribution in [0.25, 0.3) is 5.52 Å². The van der Waals surface area contributed by atoms with E-state index in [1.54, 1.807) is 6.33 Å². The maximum atomic E-state index is 5.86. The van der Waals surface area contributed by atoms with Gasteiger partial charge in [-0.15, -0.1) is 0 Å². The minimum atomic E-state index is 0.129. The van der Waals surface area contributed by atoms with Gasteiger partial charge in [-0.05, 0) is 19.1 Å². The van der Waals surface area contributed by atoms with E-state index < -0.39 is 0 Å². The summed E-state index contributed by atoms with van der Waals surface area (Å²) in [6.45, 7) is 1.97. The van der Waals surface area contributed by atoms with Crippen molar-refractivity contribution in [2.24, 2.45) is 5.73 Å². The summed E-state index contributed by atoms with van der Waals surface area (Å²) in [5.41, 5.74) is 7.83. The molecule has 2 aromatic heterocycles. The van der Waals surface area contributed by atoms with Gasteiger partial charge in [0.1, 0.15) is 0 Å². The maximum absolute atomic E-state index is 5.86. The molecule has 0 radical (unpaired) electrons. The molecule has 0 aliphatic rings. The van der Waals surface area contributed by atoms with E-state index in [9.17, 15) is 0 Å². The molecule has 14 heavy (non-hydrogen) atoms. The highest BCUT2D eigenvalue weighted by Crippen LogP contribution is 2.15. The molecule has 1 atom stereocenters. The zero-order chi connectivity index (χ0) is 10.1. The molecular weight excluding hydrogens is 198 g/mol. The molecule has 0 saturated carbocycles. The molecule has 3 nitrogen and oxygen atoms in total. The number of rotatable bonds is 2. The van der Waals surface area contributed by atoms with Crippen molar-refractivity contribution in [1.82, 2.24) is 9.38 Å². The van der Waals surface area contributed by atoms with Gasteiger partial charge in [0.25, 0.3) is 0 Å². The lowest BCUT2D eigenvalue weighted by Crippen LogP contribution is -2.18. The van der Waals surface area contributed by atoms with Gasteiger partial charge >= 0.3 is 0 Å². The van der Waals surface area contributed by atoms with Gasteiger partial charge in [0.15, 0.2) is 0 Å². The van der Waals surface area contributed by atoms with Crippen molar-refractivity contribution in [2.45, 2.75) is 19.4 Å². The number of hydrogen-bond donors (Lipinski definition) is 1. The first-order chi connectivity index (χ1) is 6.66. The monoisotopic (exact) mass is 209 g/mol. The van der Waals surface area contributed by atoms with Gasteiger partial charge in [-0.1, -0.05) is 11.6 Å². The van der Waals surface area contributed by atoms with Gasteiger partial charge in [-0.25, -0.2) is 4.98 Å². The molecule has 0 aromatic carbocycles. The predicted octanol–water partition coefficient (Wildman–Crippen LogP) is 1.88. The fourth-order valence-corrected chi connectivity index (χ4v) is 1.66. The second kappa shape index (κ2) is 3.59. The molecule has 0 aliphatic carbocycles. The van der Waals surface area contributed by atoms with Gasteiger partial charge in [0, 0.05) is 18.7 Å². The second-order valence-electron chi connectivity index (χ2n) is 3.51. The van der Waals surface area contributed by atoms with Crippen molar-refractivity contribution in [3.05, 3.63) is 35.4 Å². The number of fused-ring (bicyclic) bond motifs is 1. The summed E-state index contributed by atoms with van der Waals surface area (Å²) in [5, 5.41) is 0.710. The van der Waals surface area contributed by atoms with Crippen LogP contribution in [0.2, 0.25) is 5.02 Å². The third-order valence-corrected chi connectivity index (χ3v) is 2.31. The van der Waals surface area contributed by atoms with E-state index in [-0.39, 0.29) is 6.04 Å². The topological polar surface area (TPSA) is 43.3 Å². The van der Waals surface area contributed by atoms with Crippen LogP contribution >= 0.6 is 11.6 Å². The average Bonchev–Trinajstić information content (AvgIpc) is 2.47. The van der Waals surface area contributed by atoms with E-state index in [0.29, 0.717) is 5.02 Å². The largest absolute Gasteiger partial charge is 0.328 e. The Hall–Kier alpha value is -1.06. The zero-order valence-corrected chi connectivity index (χ0v) is 8.70. The third kappa shape index (κ3) is 1.74. The molecule has 74 valence electrons. The number of nitrogens with two attached hydrogens (primary N) is 1. The Balaban J connectivity index is 2.47. The number of aromatic nitrogens is 2. The SMILES string of the molecule is CC(N)Cc1ncn2cc(Cl)ccc12. The Kier molecular flexibility index (Phi) is 2.44. The van der Waals surface area contributed by atoms with E-state index in [1.807, 2.05) is 29.7 Å². The lowest BCUT2D eigenvalue weighted by Gasteiger charge is -2.02. The van der Waals surface area contributed by atoms with Crippen molar-refractivity contribution in [2.75, 3.05) is 0 Å². The van der Waals surface area contributed by atoms with E-state index in [0.717, 1.165) is 17.6 Å². The molecule has 0 fully saturated rings. The van der Waals surface area contributed by atoms with Crippen LogP contribution in [-0.4, -0.2) is 15.4 Å². The van der Waals surface area contributed by atoms with Crippen molar-refractivity contribution in [1.29, 1.82) is 0 Å². The van der Waals surface area contributed by atoms with Crippen LogP contribution < -0.4 is 5.73 Å². The lowest BCUT2D eigenvalue weighted by atomic mass is 10.2. The maximum Gasteiger partial charge on any atom is 0.0995 e. The Morgan fingerprint density at radius 3 is 3.07 bits per heavy atom. The molecule has 0 saturated heterocycles. The molecular formula is C10H12ClN3. The van der Waals surface area contributed by atoms with Gasteiger partial charge in [0.2, 0.25) is 0 Å². The van der Waals surface area contributed by atoms with E-state index in [1.165, 1.54) is 0 Å². The molecule has 2 aromatic rings. The zero-order valence-electron chi connectivity index (χ0n) is 7.94. The Morgan fingerprint density at radius 2 is 2.36 bits per heavy atom. The number of pyridine rings is 1. The molecule has 2 rings (SSSR count). The summed E-state index contributed by atoms with van der Waals surface area (Å²) in [6, 6.07) is 3.96. The summed E-state index contributed by atoms with van der Waals surface area (Å²) < 4.78 is 1.92. The predicted molar refractivity (Wildman–Crippen MR) is 57.6 cm³/mol. The average molecular weight is 210 g/mol. The summed E-state index contributed by atoms with van der Waals surface area (Å²) in [4.78, 5) is 4.30. The van der Waals surface area contributed by atoms with Crippen LogP contribution in [0.15, 0.2) is 24.7 Å². The van der Waals surface area contributed by atoms with Crippen LogP contribution in [0.3, 0.4) is 0 Å². The van der Waals surface area contributed by atoms with E-state index in [4.69, 9.17) is 17.3 Å². The van der Waals surface area contributed by atoms with Gasteiger partial charge < -0.3 is 10.1 Å². The Morgan fingerprint density at radius 1 is 1.57 bits per heavy atom. The number of nitrogens with zero attached hydrogens (tertiary/aromatic N) is 2. The highest BCUT2D eigenvalue weighted by atomic mass is 35.5. The first-order valence-corrected chi connectivity index (χ1v) is 4.91. The second-order valence-corrected chi connectivity index (χ2v) is 3.95. The van der Waals surface area contributed by atoms with Gasteiger partial charge in [-0.2, -0.15) is 0 Å². The molecule has 0 bridgehead atoms. The summed E-state index contributed by atoms with van der Waals surface area (Å²) >= 11 is 5.86. The van der Waals surface area contributed by atoms with E-state index in [2.05, 4.69) is 4.98 Å². The molecule has 0 aliphatic heterocycles. The molecule has 4 heteroatoms. The van der Waals surface area contributed by atoms with Crippen LogP contribution in [0.5, 0.6) is 0 Å². The van der Waals surface area contributed by atoms with Crippen molar-refractivity contribution < 1.29 is 0 Å². The molecule has 0 amide bonds. The van der Waals surface area contributed by atoms with Crippen LogP contribution in [0, 0.1) is 0 Å². The van der Waals surface area contributed by atoms with Crippen molar-refractivity contribution in [3.63, 3.8) is 0 Å². The smallest absolute Gasteiger partial charge is 0.0995 e. The number of hydrogen-bond acceptors (Lipinski definition) is 2. The van der Waals surface area contributed by atoms with E-state index >= 15 is 0 Å². The van der Waals surface area contributed by atoms with Crippen LogP contribution in [0.1, 0.15) is 12.6 Å². The molecule has 0 spiro atoms. The lowest BCUT2D eigenvalue weighted by molar-refractivity contribution is 0.729. The minimum absolute atomic E-state index is 0.129. The minimum Gasteiger partial charge on any atom is -0.328 e. The molecule has 2 heterocycles. The summed E-state index contributed by atoms with van der Waals surface area (Å²) in [5.74, 6) is 0. The van der Waals surface area contributed by atoms with Gasteiger partial charge in [-0.3, -0.25) is 0 Å². The van der Waals surface area contributed by atoms with Crippen LogP contribution in [0.4, 0.5) is 0 Å². The normalized spacial score (nSPS) is 13.4. The quantitative estimate of drug-likeness (QED) is 0.821. The van der Waals surface area contributed by atoms with Crippen molar-refractivity contribution >= 4 is 17.1 Å². The highest BCUT2D eigenvalue weighted by Gasteiger charge is 2.06. The number of halogens is 1. The fourth-order valence-electron chi connectivity index (χ4n) is 1.49.